The number of carbonyl (C=O) groups excluding carboxylic acids is 1. The number of fused-ring (bicyclic) bond motifs is 3. The van der Waals surface area contributed by atoms with Gasteiger partial charge >= 0.3 is 5.97 Å². The molecule has 0 spiro atoms. The van der Waals surface area contributed by atoms with Crippen LogP contribution in [0.5, 0.6) is 5.75 Å². The van der Waals surface area contributed by atoms with Gasteiger partial charge in [0.1, 0.15) is 11.7 Å². The summed E-state index contributed by atoms with van der Waals surface area (Å²) >= 11 is 6.06. The Morgan fingerprint density at radius 1 is 1.11 bits per heavy atom. The third-order valence-corrected chi connectivity index (χ3v) is 5.10. The van der Waals surface area contributed by atoms with Crippen molar-refractivity contribution in [3.63, 3.8) is 0 Å². The molecule has 0 radical (unpaired) electrons. The Kier molecular flexibility index (Phi) is 4.58. The highest BCUT2D eigenvalue weighted by molar-refractivity contribution is 6.30. The number of nitrogens with one attached hydrogen (secondary N) is 1. The van der Waals surface area contributed by atoms with Gasteiger partial charge in [-0.2, -0.15) is 0 Å². The minimum atomic E-state index is -0.843. The van der Waals surface area contributed by atoms with E-state index >= 15 is 0 Å². The van der Waals surface area contributed by atoms with E-state index in [1.165, 1.54) is 0 Å². The van der Waals surface area contributed by atoms with Gasteiger partial charge < -0.3 is 9.47 Å². The standard InChI is InChI=1S/C22H18ClNO3/c1-2-26-22(25)20-18(14-7-10-15(23)11-8-14)19-16-6-4-3-5-13(16)9-12-17(19)27-21(20)24/h3-12,18,20,24H,2H2,1H3. The highest BCUT2D eigenvalue weighted by Crippen LogP contribution is 2.46. The number of esters is 1. The first kappa shape index (κ1) is 17.6. The van der Waals surface area contributed by atoms with Crippen LogP contribution in [-0.2, 0) is 9.53 Å². The Hall–Kier alpha value is -2.85. The molecule has 3 aromatic carbocycles. The number of carbonyl (C=O) groups is 1. The van der Waals surface area contributed by atoms with Gasteiger partial charge in [0.15, 0.2) is 0 Å². The fourth-order valence-corrected chi connectivity index (χ4v) is 3.82. The Morgan fingerprint density at radius 3 is 2.59 bits per heavy atom. The van der Waals surface area contributed by atoms with Crippen LogP contribution < -0.4 is 4.74 Å². The van der Waals surface area contributed by atoms with Crippen LogP contribution in [0.3, 0.4) is 0 Å². The SMILES string of the molecule is CCOC(=O)C1C(=N)Oc2ccc3ccccc3c2C1c1ccc(Cl)cc1. The predicted molar refractivity (Wildman–Crippen MR) is 106 cm³/mol. The third-order valence-electron chi connectivity index (χ3n) is 4.85. The minimum absolute atomic E-state index is 0.101. The van der Waals surface area contributed by atoms with Gasteiger partial charge in [0.05, 0.1) is 6.61 Å². The lowest BCUT2D eigenvalue weighted by molar-refractivity contribution is -0.146. The fraction of sp³-hybridized carbons (Fsp3) is 0.182. The number of benzene rings is 3. The molecule has 136 valence electrons. The molecule has 0 aliphatic carbocycles. The van der Waals surface area contributed by atoms with Crippen molar-refractivity contribution >= 4 is 34.2 Å². The molecule has 0 bridgehead atoms. The number of halogens is 1. The van der Waals surface area contributed by atoms with E-state index in [9.17, 15) is 4.79 Å². The second kappa shape index (κ2) is 7.05. The average molecular weight is 380 g/mol. The molecular formula is C22H18ClNO3. The summed E-state index contributed by atoms with van der Waals surface area (Å²) in [6, 6.07) is 19.2. The van der Waals surface area contributed by atoms with E-state index < -0.39 is 11.9 Å². The van der Waals surface area contributed by atoms with Gasteiger partial charge in [-0.25, -0.2) is 0 Å². The number of rotatable bonds is 3. The Balaban J connectivity index is 1.98. The molecule has 1 heterocycles. The largest absolute Gasteiger partial charge is 0.465 e. The van der Waals surface area contributed by atoms with E-state index in [0.29, 0.717) is 10.8 Å². The molecule has 1 aliphatic rings. The second-order valence-corrected chi connectivity index (χ2v) is 6.86. The minimum Gasteiger partial charge on any atom is -0.465 e. The molecule has 4 rings (SSSR count). The van der Waals surface area contributed by atoms with E-state index in [2.05, 4.69) is 0 Å². The first-order chi connectivity index (χ1) is 13.1. The molecule has 2 atom stereocenters. The van der Waals surface area contributed by atoms with Crippen LogP contribution in [0.4, 0.5) is 0 Å². The van der Waals surface area contributed by atoms with Gasteiger partial charge in [-0.1, -0.05) is 54.1 Å². The molecule has 1 aliphatic heterocycles. The van der Waals surface area contributed by atoms with Gasteiger partial charge in [0.2, 0.25) is 5.90 Å². The first-order valence-electron chi connectivity index (χ1n) is 8.80. The lowest BCUT2D eigenvalue weighted by Gasteiger charge is -2.33. The van der Waals surface area contributed by atoms with Crippen molar-refractivity contribution in [3.8, 4) is 5.75 Å². The molecule has 5 heteroatoms. The van der Waals surface area contributed by atoms with Crippen LogP contribution in [0, 0.1) is 11.3 Å². The average Bonchev–Trinajstić information content (AvgIpc) is 2.67. The highest BCUT2D eigenvalue weighted by Gasteiger charge is 2.43. The quantitative estimate of drug-likeness (QED) is 0.638. The summed E-state index contributed by atoms with van der Waals surface area (Å²) in [5.41, 5.74) is 1.78. The van der Waals surface area contributed by atoms with Gasteiger partial charge in [-0.15, -0.1) is 0 Å². The first-order valence-corrected chi connectivity index (χ1v) is 9.18. The molecule has 0 saturated heterocycles. The Bertz CT molecular complexity index is 1030. The lowest BCUT2D eigenvalue weighted by atomic mass is 9.76. The van der Waals surface area contributed by atoms with Crippen molar-refractivity contribution in [1.82, 2.24) is 0 Å². The summed E-state index contributed by atoms with van der Waals surface area (Å²) in [7, 11) is 0. The molecule has 0 aromatic heterocycles. The van der Waals surface area contributed by atoms with E-state index in [4.69, 9.17) is 26.5 Å². The molecule has 1 N–H and O–H groups in total. The van der Waals surface area contributed by atoms with Crippen molar-refractivity contribution in [2.24, 2.45) is 5.92 Å². The fourth-order valence-electron chi connectivity index (χ4n) is 3.69. The van der Waals surface area contributed by atoms with E-state index in [1.807, 2.05) is 48.5 Å². The van der Waals surface area contributed by atoms with Crippen molar-refractivity contribution in [2.45, 2.75) is 12.8 Å². The lowest BCUT2D eigenvalue weighted by Crippen LogP contribution is -2.38. The molecule has 0 saturated carbocycles. The van der Waals surface area contributed by atoms with Crippen LogP contribution in [-0.4, -0.2) is 18.5 Å². The van der Waals surface area contributed by atoms with Gasteiger partial charge in [-0.05, 0) is 41.5 Å². The van der Waals surface area contributed by atoms with Crippen LogP contribution in [0.15, 0.2) is 60.7 Å². The monoisotopic (exact) mass is 379 g/mol. The summed E-state index contributed by atoms with van der Waals surface area (Å²) in [5, 5.41) is 11.0. The second-order valence-electron chi connectivity index (χ2n) is 6.42. The molecule has 27 heavy (non-hydrogen) atoms. The molecule has 2 unspecified atom stereocenters. The number of hydrogen-bond acceptors (Lipinski definition) is 4. The van der Waals surface area contributed by atoms with Crippen molar-refractivity contribution in [2.75, 3.05) is 6.61 Å². The maximum absolute atomic E-state index is 12.7. The zero-order valence-corrected chi connectivity index (χ0v) is 15.5. The molecular weight excluding hydrogens is 362 g/mol. The molecule has 0 fully saturated rings. The van der Waals surface area contributed by atoms with Gasteiger partial charge in [0.25, 0.3) is 0 Å². The zero-order valence-electron chi connectivity index (χ0n) is 14.7. The maximum Gasteiger partial charge on any atom is 0.319 e. The normalized spacial score (nSPS) is 18.7. The number of ether oxygens (including phenoxy) is 2. The summed E-state index contributed by atoms with van der Waals surface area (Å²) in [6.07, 6.45) is 0. The smallest absolute Gasteiger partial charge is 0.319 e. The Labute approximate surface area is 162 Å². The third kappa shape index (κ3) is 3.06. The van der Waals surface area contributed by atoms with Crippen molar-refractivity contribution < 1.29 is 14.3 Å². The summed E-state index contributed by atoms with van der Waals surface area (Å²) < 4.78 is 11.0. The van der Waals surface area contributed by atoms with Crippen molar-refractivity contribution in [1.29, 1.82) is 5.41 Å². The molecule has 3 aromatic rings. The summed E-state index contributed by atoms with van der Waals surface area (Å²) in [4.78, 5) is 12.7. The molecule has 0 amide bonds. The van der Waals surface area contributed by atoms with E-state index in [-0.39, 0.29) is 18.4 Å². The topological polar surface area (TPSA) is 59.4 Å². The van der Waals surface area contributed by atoms with Gasteiger partial charge in [0, 0.05) is 16.5 Å². The van der Waals surface area contributed by atoms with Crippen LogP contribution >= 0.6 is 11.6 Å². The Morgan fingerprint density at radius 2 is 1.85 bits per heavy atom. The number of hydrogen-bond donors (Lipinski definition) is 1. The van der Waals surface area contributed by atoms with Crippen molar-refractivity contribution in [3.05, 3.63) is 76.8 Å². The molecule has 4 nitrogen and oxygen atoms in total. The summed E-state index contributed by atoms with van der Waals surface area (Å²) in [5.74, 6) is -1.19. The van der Waals surface area contributed by atoms with Crippen LogP contribution in [0.2, 0.25) is 5.02 Å². The van der Waals surface area contributed by atoms with Gasteiger partial charge in [-0.3, -0.25) is 10.2 Å². The predicted octanol–water partition coefficient (Wildman–Crippen LogP) is 5.17. The van der Waals surface area contributed by atoms with Crippen LogP contribution in [0.1, 0.15) is 24.0 Å². The van der Waals surface area contributed by atoms with E-state index in [0.717, 1.165) is 21.9 Å². The van der Waals surface area contributed by atoms with Crippen LogP contribution in [0.25, 0.3) is 10.8 Å². The summed E-state index contributed by atoms with van der Waals surface area (Å²) in [6.45, 7) is 2.00. The van der Waals surface area contributed by atoms with E-state index in [1.54, 1.807) is 19.1 Å². The highest BCUT2D eigenvalue weighted by atomic mass is 35.5. The maximum atomic E-state index is 12.7. The zero-order chi connectivity index (χ0) is 19.0.